The average Bonchev–Trinajstić information content (AvgIpc) is 2.81. The number of quaternary nitrogens is 1. The first kappa shape index (κ1) is 15.3. The molecule has 3 atom stereocenters. The van der Waals surface area contributed by atoms with Gasteiger partial charge in [-0.05, 0) is 58.6 Å². The van der Waals surface area contributed by atoms with Gasteiger partial charge in [-0.15, -0.1) is 0 Å². The number of benzene rings is 1. The number of fused-ring (bicyclic) bond motifs is 1. The number of aromatic amines is 1. The van der Waals surface area contributed by atoms with Gasteiger partial charge in [0.2, 0.25) is 5.78 Å². The normalized spacial score (nSPS) is 23.6. The lowest BCUT2D eigenvalue weighted by atomic mass is 9.96. The fraction of sp³-hybridized carbons (Fsp3) is 0.526. The van der Waals surface area contributed by atoms with Crippen molar-refractivity contribution in [2.45, 2.75) is 59.0 Å². The van der Waals surface area contributed by atoms with Crippen molar-refractivity contribution in [3.05, 3.63) is 35.0 Å². The summed E-state index contributed by atoms with van der Waals surface area (Å²) >= 11 is 0. The Morgan fingerprint density at radius 2 is 2.09 bits per heavy atom. The molecule has 3 nitrogen and oxygen atoms in total. The van der Waals surface area contributed by atoms with E-state index in [4.69, 9.17) is 0 Å². The third-order valence-electron chi connectivity index (χ3n) is 5.32. The summed E-state index contributed by atoms with van der Waals surface area (Å²) in [6, 6.07) is 6.92. The van der Waals surface area contributed by atoms with Gasteiger partial charge in [0.15, 0.2) is 0 Å². The number of piperidine rings is 1. The fourth-order valence-electron chi connectivity index (χ4n) is 4.00. The lowest BCUT2D eigenvalue weighted by Crippen LogP contribution is -3.20. The van der Waals surface area contributed by atoms with Gasteiger partial charge in [0.05, 0.1) is 18.2 Å². The zero-order valence-corrected chi connectivity index (χ0v) is 14.1. The molecule has 1 aliphatic rings. The van der Waals surface area contributed by atoms with Gasteiger partial charge >= 0.3 is 0 Å². The minimum absolute atomic E-state index is 0.0364. The number of ketones is 1. The summed E-state index contributed by atoms with van der Waals surface area (Å²) in [5.74, 6) is 0.288. The van der Waals surface area contributed by atoms with Gasteiger partial charge in [-0.2, -0.15) is 0 Å². The summed E-state index contributed by atoms with van der Waals surface area (Å²) in [5.41, 5.74) is 4.19. The molecule has 1 saturated heterocycles. The molecule has 1 aliphatic heterocycles. The molecule has 0 bridgehead atoms. The average molecular weight is 299 g/mol. The Balaban J connectivity index is 1.96. The number of carbonyl (C=O) groups is 1. The third-order valence-corrected chi connectivity index (χ3v) is 5.32. The minimum Gasteiger partial charge on any atom is -0.358 e. The van der Waals surface area contributed by atoms with Crippen LogP contribution >= 0.6 is 0 Å². The quantitative estimate of drug-likeness (QED) is 0.840. The van der Waals surface area contributed by atoms with Crippen molar-refractivity contribution in [3.8, 4) is 0 Å². The van der Waals surface area contributed by atoms with E-state index in [0.717, 1.165) is 28.7 Å². The molecule has 1 aromatic carbocycles. The molecule has 0 saturated carbocycles. The number of Topliss-reactive ketones (excluding diaryl/α,β-unsaturated/α-hetero) is 1. The molecular formula is C19H27N2O+. The standard InChI is InChI=1S/C19H26N2O/c1-12-8-9-16-17(11-12)20-14(3)18(16)19(22)15(4)21-10-6-5-7-13(21)2/h8-9,11,13,15,20H,5-7,10H2,1-4H3/p+1/t13-,15-/m0/s1. The number of carbonyl (C=O) groups excluding carboxylic acids is 1. The van der Waals surface area contributed by atoms with Crippen molar-refractivity contribution in [1.29, 1.82) is 0 Å². The maximum Gasteiger partial charge on any atom is 0.222 e. The minimum atomic E-state index is 0.0364. The molecule has 1 fully saturated rings. The zero-order valence-electron chi connectivity index (χ0n) is 14.1. The van der Waals surface area contributed by atoms with Crippen molar-refractivity contribution in [3.63, 3.8) is 0 Å². The number of nitrogens with one attached hydrogen (secondary N) is 2. The Bertz CT molecular complexity index is 701. The molecular weight excluding hydrogens is 272 g/mol. The van der Waals surface area contributed by atoms with Crippen molar-refractivity contribution < 1.29 is 9.69 Å². The number of hydrogen-bond acceptors (Lipinski definition) is 1. The first-order valence-corrected chi connectivity index (χ1v) is 8.47. The Morgan fingerprint density at radius 3 is 2.82 bits per heavy atom. The van der Waals surface area contributed by atoms with Crippen LogP contribution in [-0.4, -0.2) is 29.4 Å². The van der Waals surface area contributed by atoms with E-state index in [-0.39, 0.29) is 11.8 Å². The summed E-state index contributed by atoms with van der Waals surface area (Å²) in [6.07, 6.45) is 3.78. The Labute approximate surface area is 132 Å². The largest absolute Gasteiger partial charge is 0.358 e. The molecule has 22 heavy (non-hydrogen) atoms. The van der Waals surface area contributed by atoms with Crippen molar-refractivity contribution in [2.75, 3.05) is 6.54 Å². The van der Waals surface area contributed by atoms with Crippen LogP contribution in [0.2, 0.25) is 0 Å². The molecule has 2 aromatic rings. The van der Waals surface area contributed by atoms with E-state index in [9.17, 15) is 4.79 Å². The number of likely N-dealkylation sites (tertiary alicyclic amines) is 1. The Kier molecular flexibility index (Phi) is 4.09. The smallest absolute Gasteiger partial charge is 0.222 e. The number of rotatable bonds is 3. The van der Waals surface area contributed by atoms with Gasteiger partial charge in [0.25, 0.3) is 0 Å². The monoisotopic (exact) mass is 299 g/mol. The van der Waals surface area contributed by atoms with Crippen LogP contribution in [0.1, 0.15) is 54.7 Å². The van der Waals surface area contributed by atoms with Gasteiger partial charge in [-0.3, -0.25) is 4.79 Å². The van der Waals surface area contributed by atoms with Crippen LogP contribution in [-0.2, 0) is 0 Å². The lowest BCUT2D eigenvalue weighted by Gasteiger charge is -2.34. The highest BCUT2D eigenvalue weighted by molar-refractivity contribution is 6.11. The van der Waals surface area contributed by atoms with E-state index in [0.29, 0.717) is 6.04 Å². The summed E-state index contributed by atoms with van der Waals surface area (Å²) in [4.78, 5) is 18.0. The number of aromatic nitrogens is 1. The fourth-order valence-corrected chi connectivity index (χ4v) is 4.00. The highest BCUT2D eigenvalue weighted by Gasteiger charge is 2.33. The van der Waals surface area contributed by atoms with Gasteiger partial charge in [-0.25, -0.2) is 0 Å². The van der Waals surface area contributed by atoms with E-state index in [1.807, 2.05) is 6.92 Å². The Morgan fingerprint density at radius 1 is 1.32 bits per heavy atom. The second kappa shape index (κ2) is 5.88. The van der Waals surface area contributed by atoms with E-state index < -0.39 is 0 Å². The van der Waals surface area contributed by atoms with Crippen LogP contribution < -0.4 is 4.90 Å². The maximum absolute atomic E-state index is 13.1. The molecule has 0 amide bonds. The molecule has 0 radical (unpaired) electrons. The van der Waals surface area contributed by atoms with E-state index in [1.165, 1.54) is 29.7 Å². The molecule has 118 valence electrons. The molecule has 2 N–H and O–H groups in total. The molecule has 1 aromatic heterocycles. The van der Waals surface area contributed by atoms with Crippen LogP contribution in [0.3, 0.4) is 0 Å². The predicted octanol–water partition coefficient (Wildman–Crippen LogP) is 2.81. The first-order chi connectivity index (χ1) is 10.5. The van der Waals surface area contributed by atoms with Crippen LogP contribution in [0, 0.1) is 13.8 Å². The zero-order chi connectivity index (χ0) is 15.9. The van der Waals surface area contributed by atoms with Gasteiger partial charge in [0, 0.05) is 16.6 Å². The Hall–Kier alpha value is -1.61. The topological polar surface area (TPSA) is 37.3 Å². The number of hydrogen-bond donors (Lipinski definition) is 2. The van der Waals surface area contributed by atoms with Crippen molar-refractivity contribution >= 4 is 16.7 Å². The van der Waals surface area contributed by atoms with Crippen molar-refractivity contribution in [1.82, 2.24) is 4.98 Å². The van der Waals surface area contributed by atoms with Crippen LogP contribution in [0.5, 0.6) is 0 Å². The number of H-pyrrole nitrogens is 1. The predicted molar refractivity (Wildman–Crippen MR) is 90.7 cm³/mol. The van der Waals surface area contributed by atoms with E-state index in [1.54, 1.807) is 0 Å². The molecule has 3 heteroatoms. The van der Waals surface area contributed by atoms with E-state index >= 15 is 0 Å². The molecule has 3 rings (SSSR count). The van der Waals surface area contributed by atoms with Crippen LogP contribution in [0.25, 0.3) is 10.9 Å². The maximum atomic E-state index is 13.1. The highest BCUT2D eigenvalue weighted by Crippen LogP contribution is 2.24. The second-order valence-electron chi connectivity index (χ2n) is 6.98. The van der Waals surface area contributed by atoms with E-state index in [2.05, 4.69) is 44.0 Å². The van der Waals surface area contributed by atoms with Crippen LogP contribution in [0.4, 0.5) is 0 Å². The number of aryl methyl sites for hydroxylation is 2. The summed E-state index contributed by atoms with van der Waals surface area (Å²) < 4.78 is 0. The molecule has 2 heterocycles. The lowest BCUT2D eigenvalue weighted by molar-refractivity contribution is -0.941. The van der Waals surface area contributed by atoms with Gasteiger partial charge in [0.1, 0.15) is 6.04 Å². The van der Waals surface area contributed by atoms with Crippen molar-refractivity contribution in [2.24, 2.45) is 0 Å². The summed E-state index contributed by atoms with van der Waals surface area (Å²) in [5, 5.41) is 1.07. The molecule has 0 spiro atoms. The SMILES string of the molecule is Cc1ccc2c(C(=O)[C@H](C)[NH+]3CCCC[C@@H]3C)c(C)[nH]c2c1. The van der Waals surface area contributed by atoms with Gasteiger partial charge in [-0.1, -0.05) is 12.1 Å². The van der Waals surface area contributed by atoms with Gasteiger partial charge < -0.3 is 9.88 Å². The molecule has 0 aliphatic carbocycles. The first-order valence-electron chi connectivity index (χ1n) is 8.47. The second-order valence-corrected chi connectivity index (χ2v) is 6.98. The highest BCUT2D eigenvalue weighted by atomic mass is 16.1. The van der Waals surface area contributed by atoms with Crippen LogP contribution in [0.15, 0.2) is 18.2 Å². The summed E-state index contributed by atoms with van der Waals surface area (Å²) in [6.45, 7) is 9.60. The molecule has 1 unspecified atom stereocenters. The summed E-state index contributed by atoms with van der Waals surface area (Å²) in [7, 11) is 0. The third kappa shape index (κ3) is 2.58.